The van der Waals surface area contributed by atoms with Crippen molar-refractivity contribution in [1.29, 1.82) is 0 Å². The van der Waals surface area contributed by atoms with Crippen LogP contribution in [0.2, 0.25) is 15.1 Å². The lowest BCUT2D eigenvalue weighted by molar-refractivity contribution is 0.0772. The van der Waals surface area contributed by atoms with Crippen LogP contribution >= 0.6 is 34.8 Å². The van der Waals surface area contributed by atoms with E-state index >= 15 is 0 Å². The first-order chi connectivity index (χ1) is 14.9. The van der Waals surface area contributed by atoms with Crippen LogP contribution < -0.4 is 0 Å². The van der Waals surface area contributed by atoms with Crippen LogP contribution in [0.15, 0.2) is 60.8 Å². The number of amides is 1. The minimum absolute atomic E-state index is 0.0717. The predicted molar refractivity (Wildman–Crippen MR) is 128 cm³/mol. The quantitative estimate of drug-likeness (QED) is 0.310. The van der Waals surface area contributed by atoms with E-state index < -0.39 is 0 Å². The molecule has 0 aliphatic heterocycles. The van der Waals surface area contributed by atoms with E-state index in [2.05, 4.69) is 0 Å². The van der Waals surface area contributed by atoms with Crippen LogP contribution in [0.25, 0.3) is 28.2 Å². The maximum Gasteiger partial charge on any atom is 0.255 e. The number of pyridine rings is 1. The number of nitrogens with zero attached hydrogens (tertiary/aromatic N) is 3. The molecule has 0 aliphatic carbocycles. The second-order valence-electron chi connectivity index (χ2n) is 7.07. The Morgan fingerprint density at radius 1 is 0.903 bits per heavy atom. The van der Waals surface area contributed by atoms with Gasteiger partial charge in [-0.15, -0.1) is 0 Å². The van der Waals surface area contributed by atoms with E-state index in [-0.39, 0.29) is 5.91 Å². The van der Waals surface area contributed by atoms with Gasteiger partial charge in [0, 0.05) is 40.5 Å². The van der Waals surface area contributed by atoms with Gasteiger partial charge in [0.1, 0.15) is 0 Å². The monoisotopic (exact) mass is 471 g/mol. The van der Waals surface area contributed by atoms with Gasteiger partial charge in [0.05, 0.1) is 22.0 Å². The van der Waals surface area contributed by atoms with Gasteiger partial charge < -0.3 is 4.90 Å². The first-order valence-electron chi connectivity index (χ1n) is 9.95. The number of aromatic nitrogens is 2. The molecule has 158 valence electrons. The maximum atomic E-state index is 13.0. The van der Waals surface area contributed by atoms with Crippen LogP contribution in [0.5, 0.6) is 0 Å². The molecule has 4 aromatic rings. The van der Waals surface area contributed by atoms with Crippen LogP contribution in [0.4, 0.5) is 0 Å². The molecular weight excluding hydrogens is 453 g/mol. The van der Waals surface area contributed by atoms with Crippen molar-refractivity contribution >= 4 is 46.4 Å². The van der Waals surface area contributed by atoms with Crippen LogP contribution in [0, 0.1) is 0 Å². The highest BCUT2D eigenvalue weighted by Crippen LogP contribution is 2.36. The van der Waals surface area contributed by atoms with Crippen LogP contribution in [0.1, 0.15) is 24.2 Å². The van der Waals surface area contributed by atoms with Crippen molar-refractivity contribution in [2.45, 2.75) is 13.8 Å². The fourth-order valence-electron chi connectivity index (χ4n) is 3.61. The summed E-state index contributed by atoms with van der Waals surface area (Å²) >= 11 is 18.8. The van der Waals surface area contributed by atoms with E-state index in [4.69, 9.17) is 39.8 Å². The molecule has 0 N–H and O–H groups in total. The molecule has 31 heavy (non-hydrogen) atoms. The lowest BCUT2D eigenvalue weighted by Gasteiger charge is -2.19. The molecule has 0 fully saturated rings. The highest BCUT2D eigenvalue weighted by atomic mass is 35.5. The number of halogens is 3. The van der Waals surface area contributed by atoms with Gasteiger partial charge in [0.25, 0.3) is 5.91 Å². The summed E-state index contributed by atoms with van der Waals surface area (Å²) < 4.78 is 1.88. The van der Waals surface area contributed by atoms with Crippen molar-refractivity contribution < 1.29 is 4.79 Å². The number of carbonyl (C=O) groups excluding carboxylic acids is 1. The van der Waals surface area contributed by atoms with E-state index in [0.717, 1.165) is 22.5 Å². The van der Waals surface area contributed by atoms with Gasteiger partial charge in [0.2, 0.25) is 0 Å². The first-order valence-corrected chi connectivity index (χ1v) is 11.1. The molecule has 7 heteroatoms. The molecule has 0 aliphatic rings. The topological polar surface area (TPSA) is 37.6 Å². The summed E-state index contributed by atoms with van der Waals surface area (Å²) in [4.78, 5) is 19.6. The third-order valence-corrected chi connectivity index (χ3v) is 5.99. The SMILES string of the molecule is CCN(CC)C(=O)c1cc(Cl)c2nc(-c3ccc(Cl)cc3)c(-c3ccc(Cl)cc3)n2c1. The Morgan fingerprint density at radius 3 is 2.00 bits per heavy atom. The Bertz CT molecular complexity index is 1240. The fraction of sp³-hybridized carbons (Fsp3) is 0.167. The Balaban J connectivity index is 2.00. The minimum atomic E-state index is -0.0717. The summed E-state index contributed by atoms with van der Waals surface area (Å²) in [5, 5.41) is 1.69. The Hall–Kier alpha value is -2.53. The van der Waals surface area contributed by atoms with Crippen molar-refractivity contribution in [2.24, 2.45) is 0 Å². The Labute approximate surface area is 196 Å². The zero-order valence-corrected chi connectivity index (χ0v) is 19.3. The molecule has 0 saturated carbocycles. The average Bonchev–Trinajstić information content (AvgIpc) is 3.15. The van der Waals surface area contributed by atoms with Crippen molar-refractivity contribution in [3.8, 4) is 22.5 Å². The van der Waals surface area contributed by atoms with Crippen LogP contribution in [-0.2, 0) is 0 Å². The lowest BCUT2D eigenvalue weighted by Crippen LogP contribution is -2.30. The predicted octanol–water partition coefficient (Wildman–Crippen LogP) is 7.11. The summed E-state index contributed by atoms with van der Waals surface area (Å²) in [5.41, 5.74) is 4.46. The highest BCUT2D eigenvalue weighted by molar-refractivity contribution is 6.34. The second-order valence-corrected chi connectivity index (χ2v) is 8.35. The molecule has 0 bridgehead atoms. The number of fused-ring (bicyclic) bond motifs is 1. The summed E-state index contributed by atoms with van der Waals surface area (Å²) in [5.74, 6) is -0.0717. The van der Waals surface area contributed by atoms with Gasteiger partial charge in [-0.1, -0.05) is 59.1 Å². The molecule has 0 atom stereocenters. The number of hydrogen-bond acceptors (Lipinski definition) is 2. The summed E-state index contributed by atoms with van der Waals surface area (Å²) in [6, 6.07) is 16.7. The third kappa shape index (κ3) is 4.16. The Morgan fingerprint density at radius 2 is 1.45 bits per heavy atom. The van der Waals surface area contributed by atoms with Crippen LogP contribution in [0.3, 0.4) is 0 Å². The van der Waals surface area contributed by atoms with Crippen molar-refractivity contribution in [3.63, 3.8) is 0 Å². The third-order valence-electron chi connectivity index (χ3n) is 5.21. The molecule has 4 rings (SSSR count). The second kappa shape index (κ2) is 8.91. The van der Waals surface area contributed by atoms with Crippen LogP contribution in [-0.4, -0.2) is 33.3 Å². The van der Waals surface area contributed by atoms with E-state index in [1.165, 1.54) is 0 Å². The summed E-state index contributed by atoms with van der Waals surface area (Å²) in [6.45, 7) is 5.15. The fourth-order valence-corrected chi connectivity index (χ4v) is 4.11. The number of imidazole rings is 1. The molecule has 2 heterocycles. The van der Waals surface area contributed by atoms with Crippen molar-refractivity contribution in [2.75, 3.05) is 13.1 Å². The summed E-state index contributed by atoms with van der Waals surface area (Å²) in [6.07, 6.45) is 1.80. The molecular formula is C24H20Cl3N3O. The molecule has 0 saturated heterocycles. The van der Waals surface area contributed by atoms with Crippen molar-refractivity contribution in [1.82, 2.24) is 14.3 Å². The van der Waals surface area contributed by atoms with E-state index in [1.807, 2.05) is 66.8 Å². The highest BCUT2D eigenvalue weighted by Gasteiger charge is 2.21. The van der Waals surface area contributed by atoms with Gasteiger partial charge in [-0.3, -0.25) is 9.20 Å². The molecule has 2 aromatic heterocycles. The molecule has 2 aromatic carbocycles. The number of carbonyl (C=O) groups is 1. The van der Waals surface area contributed by atoms with E-state index in [9.17, 15) is 4.79 Å². The van der Waals surface area contributed by atoms with E-state index in [0.29, 0.717) is 39.4 Å². The standard InChI is InChI=1S/C24H20Cl3N3O/c1-3-29(4-2)24(31)17-13-20(27)23-28-21(15-5-9-18(25)10-6-15)22(30(23)14-17)16-7-11-19(26)12-8-16/h5-14H,3-4H2,1-2H3. The number of rotatable bonds is 5. The van der Waals surface area contributed by atoms with Gasteiger partial charge in [-0.25, -0.2) is 4.98 Å². The number of hydrogen-bond donors (Lipinski definition) is 0. The maximum absolute atomic E-state index is 13.0. The van der Waals surface area contributed by atoms with Gasteiger partial charge in [0.15, 0.2) is 5.65 Å². The minimum Gasteiger partial charge on any atom is -0.339 e. The molecule has 0 unspecified atom stereocenters. The van der Waals surface area contributed by atoms with Crippen molar-refractivity contribution in [3.05, 3.63) is 81.4 Å². The van der Waals surface area contributed by atoms with E-state index in [1.54, 1.807) is 17.2 Å². The molecule has 0 spiro atoms. The van der Waals surface area contributed by atoms with Gasteiger partial charge in [-0.2, -0.15) is 0 Å². The smallest absolute Gasteiger partial charge is 0.255 e. The zero-order chi connectivity index (χ0) is 22.1. The average molecular weight is 473 g/mol. The zero-order valence-electron chi connectivity index (χ0n) is 17.1. The molecule has 1 amide bonds. The lowest BCUT2D eigenvalue weighted by atomic mass is 10.0. The Kier molecular flexibility index (Phi) is 6.24. The van der Waals surface area contributed by atoms with Gasteiger partial charge >= 0.3 is 0 Å². The summed E-state index contributed by atoms with van der Waals surface area (Å²) in [7, 11) is 0. The molecule has 4 nitrogen and oxygen atoms in total. The molecule has 0 radical (unpaired) electrons. The largest absolute Gasteiger partial charge is 0.339 e. The number of benzene rings is 2. The van der Waals surface area contributed by atoms with Gasteiger partial charge in [-0.05, 0) is 44.2 Å². The normalized spacial score (nSPS) is 11.1. The first kappa shape index (κ1) is 21.7.